The first-order valence-electron chi connectivity index (χ1n) is 38.0. The summed E-state index contributed by atoms with van der Waals surface area (Å²) in [6, 6.07) is 27.0. The van der Waals surface area contributed by atoms with Gasteiger partial charge in [0.1, 0.15) is 41.0 Å². The fourth-order valence-corrected chi connectivity index (χ4v) is 16.6. The van der Waals surface area contributed by atoms with Gasteiger partial charge >= 0.3 is 0 Å². The molecule has 29 nitrogen and oxygen atoms in total. The molecule has 7 aliphatic rings. The SMILES string of the molecule is CN1CCN(CC2(O)CCN(c3ccc(Nc4ccc(-c5cnc6cc(Cl)ccn56)c5c4C(=O)NC5)nc3)CC2)CC1.COC[C@@H]1CN(c2ccc(Nc3cnc(-c4ccnc5c4ccn5C)c4c3C(=O)NC4)nc2)CC[C@@H]1O.O=C1NCc2c(-c3cnc4cnccn34)ccc(Nc3ccc(N4CC[C@H](F)[C@@H](O)C4)cn3)c21. The number of imidazole rings is 2. The predicted octanol–water partition coefficient (Wildman–Crippen LogP) is 9.15. The minimum Gasteiger partial charge on any atom is -0.393 e. The van der Waals surface area contributed by atoms with Crippen LogP contribution < -0.4 is 46.6 Å². The summed E-state index contributed by atoms with van der Waals surface area (Å²) in [5, 5.41) is 51.7. The minimum atomic E-state index is -1.18. The molecule has 4 saturated heterocycles. The van der Waals surface area contributed by atoms with Crippen molar-refractivity contribution >= 4 is 103 Å². The van der Waals surface area contributed by atoms with Gasteiger partial charge in [-0.2, -0.15) is 0 Å². The third kappa shape index (κ3) is 15.1. The zero-order chi connectivity index (χ0) is 77.6. The molecule has 2 aromatic carbocycles. The smallest absolute Gasteiger partial charge is 0.254 e. The van der Waals surface area contributed by atoms with E-state index in [0.717, 1.165) is 155 Å². The highest BCUT2D eigenvalue weighted by atomic mass is 35.5. The van der Waals surface area contributed by atoms with Gasteiger partial charge in [-0.25, -0.2) is 34.3 Å². The van der Waals surface area contributed by atoms with Crippen molar-refractivity contribution in [2.24, 2.45) is 13.0 Å². The molecule has 4 atom stereocenters. The monoisotopic (exact) mass is 1540 g/mol. The van der Waals surface area contributed by atoms with Gasteiger partial charge in [-0.3, -0.25) is 38.1 Å². The van der Waals surface area contributed by atoms with Crippen LogP contribution in [0.2, 0.25) is 5.02 Å². The number of carbonyl (C=O) groups excluding carboxylic acids is 3. The number of ether oxygens (including phenoxy) is 1. The second-order valence-corrected chi connectivity index (χ2v) is 30.3. The molecular weight excluding hydrogens is 1460 g/mol. The van der Waals surface area contributed by atoms with E-state index in [0.29, 0.717) is 102 Å². The molecule has 0 radical (unpaired) electrons. The Hall–Kier alpha value is -11.8. The first-order chi connectivity index (χ1) is 55.0. The van der Waals surface area contributed by atoms with Crippen LogP contribution in [0.25, 0.3) is 56.1 Å². The number of piperazine rings is 1. The number of aliphatic hydroxyl groups excluding tert-OH is 2. The van der Waals surface area contributed by atoms with Gasteiger partial charge < -0.3 is 76.1 Å². The summed E-state index contributed by atoms with van der Waals surface area (Å²) < 4.78 is 24.7. The van der Waals surface area contributed by atoms with Crippen LogP contribution in [-0.2, 0) is 31.4 Å². The Kier molecular flexibility index (Phi) is 20.6. The number of aromatic nitrogens is 11. The maximum Gasteiger partial charge on any atom is 0.254 e. The first-order valence-corrected chi connectivity index (χ1v) is 38.4. The second kappa shape index (κ2) is 31.4. The number of piperidine rings is 3. The molecule has 3 amide bonds. The Morgan fingerprint density at radius 1 is 0.549 bits per heavy atom. The average molecular weight is 1550 g/mol. The maximum atomic E-state index is 13.6. The van der Waals surface area contributed by atoms with Gasteiger partial charge in [0.15, 0.2) is 5.65 Å². The number of carbonyl (C=O) groups is 3. The Labute approximate surface area is 654 Å². The lowest BCUT2D eigenvalue weighted by molar-refractivity contribution is -0.0250. The lowest BCUT2D eigenvalue weighted by Crippen LogP contribution is -2.54. The molecule has 19 rings (SSSR count). The molecule has 17 heterocycles. The lowest BCUT2D eigenvalue weighted by Gasteiger charge is -2.43. The van der Waals surface area contributed by atoms with E-state index in [9.17, 15) is 34.1 Å². The molecule has 0 bridgehead atoms. The normalized spacial score (nSPS) is 19.4. The molecule has 113 heavy (non-hydrogen) atoms. The number of alkyl halides is 1. The van der Waals surface area contributed by atoms with E-state index in [1.807, 2.05) is 141 Å². The van der Waals surface area contributed by atoms with E-state index in [1.165, 1.54) is 0 Å². The number of aryl methyl sites for hydroxylation is 1. The number of β-amino-alcohol motifs (C(OH)–C–C–N with tert-alkyl or cyclic N) is 2. The van der Waals surface area contributed by atoms with Crippen LogP contribution in [0.15, 0.2) is 159 Å². The van der Waals surface area contributed by atoms with Crippen molar-refractivity contribution in [3.8, 4) is 33.8 Å². The Bertz CT molecular complexity index is 5560. The van der Waals surface area contributed by atoms with Crippen LogP contribution in [0.1, 0.15) is 73.4 Å². The number of hydrogen-bond acceptors (Lipinski definition) is 23. The van der Waals surface area contributed by atoms with Crippen LogP contribution in [0.3, 0.4) is 0 Å². The van der Waals surface area contributed by atoms with Gasteiger partial charge in [0.05, 0.1) is 130 Å². The topological polar surface area (TPSA) is 326 Å². The van der Waals surface area contributed by atoms with E-state index in [-0.39, 0.29) is 42.7 Å². The van der Waals surface area contributed by atoms with Crippen LogP contribution in [0, 0.1) is 5.92 Å². The van der Waals surface area contributed by atoms with E-state index in [4.69, 9.17) is 21.3 Å². The minimum absolute atomic E-state index is 0.0692. The Morgan fingerprint density at radius 2 is 1.12 bits per heavy atom. The Morgan fingerprint density at radius 3 is 1.73 bits per heavy atom. The number of benzene rings is 2. The summed E-state index contributed by atoms with van der Waals surface area (Å²) in [5.74, 6) is 1.56. The van der Waals surface area contributed by atoms with Crippen molar-refractivity contribution in [2.75, 3.05) is 123 Å². The lowest BCUT2D eigenvalue weighted by atomic mass is 9.90. The molecular formula is C82H86ClFN22O7. The second-order valence-electron chi connectivity index (χ2n) is 29.8. The van der Waals surface area contributed by atoms with Crippen molar-refractivity contribution in [2.45, 2.75) is 69.3 Å². The number of aliphatic hydroxyl groups is 3. The molecule has 12 aromatic rings. The molecule has 0 aliphatic carbocycles. The zero-order valence-corrected chi connectivity index (χ0v) is 63.4. The van der Waals surface area contributed by atoms with Crippen molar-refractivity contribution in [3.63, 3.8) is 0 Å². The molecule has 580 valence electrons. The Balaban J connectivity index is 0.000000123. The largest absolute Gasteiger partial charge is 0.393 e. The molecule has 31 heteroatoms. The van der Waals surface area contributed by atoms with Crippen LogP contribution in [-0.4, -0.2) is 213 Å². The number of pyridine rings is 6. The quantitative estimate of drug-likeness (QED) is 0.0435. The molecule has 7 aliphatic heterocycles. The average Bonchev–Trinajstić information content (AvgIpc) is 1.63. The number of halogens is 2. The standard InChI is InChI=1S/C31H35ClN8O2.C27H29N7O3.C24H22FN7O2/c1-37-12-14-38(15-13-37)20-31(42)7-10-39(11-8-31)22-2-5-27(33-17-22)36-25-4-3-23(24-18-35-30(41)29(24)25)26-19-34-28-16-21(32)6-9-40(26)28;1-33-9-6-19-18(5-8-28-26(19)33)25-20-12-31-27(36)24(20)21(13-30-25)32-23-4-3-17(11-29-23)34-10-7-22(35)16(14-34)15-37-2;25-17-5-7-31(13-20(17)33)14-1-4-21(27-9-14)30-18-3-2-15(16-10-29-24(34)23(16)18)19-11-28-22-12-26-6-8-32(19)22/h2-6,9,16-17,19,42H,7-8,10-15,18,20H2,1H3,(H,33,36)(H,35,41);3-6,8-9,11,13,16,22,35H,7,10,12,14-15H2,1-2H3,(H,29,32)(H,31,36);1-4,6,8-9,11-12,17,20,33H,5,7,10,13H2,(H,27,30)(H,29,34)/t;16-,22-;17-,20-/m.00/s1. The maximum absolute atomic E-state index is 13.6. The van der Waals surface area contributed by atoms with Gasteiger partial charge in [-0.1, -0.05) is 23.7 Å². The highest BCUT2D eigenvalue weighted by molar-refractivity contribution is 6.30. The summed E-state index contributed by atoms with van der Waals surface area (Å²) in [7, 11) is 5.77. The van der Waals surface area contributed by atoms with Gasteiger partial charge in [-0.05, 0) is 111 Å². The third-order valence-corrected chi connectivity index (χ3v) is 22.9. The predicted molar refractivity (Wildman–Crippen MR) is 430 cm³/mol. The van der Waals surface area contributed by atoms with E-state index < -0.39 is 17.9 Å². The van der Waals surface area contributed by atoms with Crippen molar-refractivity contribution in [3.05, 3.63) is 198 Å². The highest BCUT2D eigenvalue weighted by Crippen LogP contribution is 2.41. The number of rotatable bonds is 16. The fraction of sp³-hybridized carbons (Fsp3) is 0.329. The first kappa shape index (κ1) is 74.0. The zero-order valence-electron chi connectivity index (χ0n) is 62.6. The summed E-state index contributed by atoms with van der Waals surface area (Å²) in [4.78, 5) is 85.7. The van der Waals surface area contributed by atoms with Crippen molar-refractivity contribution in [1.82, 2.24) is 79.0 Å². The molecule has 0 spiro atoms. The van der Waals surface area contributed by atoms with E-state index in [1.54, 1.807) is 44.3 Å². The summed E-state index contributed by atoms with van der Waals surface area (Å²) in [5.41, 5.74) is 16.4. The summed E-state index contributed by atoms with van der Waals surface area (Å²) in [6.45, 7) is 10.6. The third-order valence-electron chi connectivity index (χ3n) is 22.6. The van der Waals surface area contributed by atoms with Crippen LogP contribution in [0.5, 0.6) is 0 Å². The fourth-order valence-electron chi connectivity index (χ4n) is 16.4. The van der Waals surface area contributed by atoms with Crippen LogP contribution in [0.4, 0.5) is 56.0 Å². The van der Waals surface area contributed by atoms with E-state index in [2.05, 4.69) is 99.5 Å². The van der Waals surface area contributed by atoms with Gasteiger partial charge in [-0.15, -0.1) is 0 Å². The number of amides is 3. The highest BCUT2D eigenvalue weighted by Gasteiger charge is 2.37. The van der Waals surface area contributed by atoms with Gasteiger partial charge in [0.25, 0.3) is 17.7 Å². The number of anilines is 9. The number of likely N-dealkylation sites (N-methyl/N-ethyl adjacent to an activating group) is 1. The van der Waals surface area contributed by atoms with Gasteiger partial charge in [0, 0.05) is 181 Å². The van der Waals surface area contributed by atoms with Gasteiger partial charge in [0.2, 0.25) is 0 Å². The number of nitrogens with zero attached hydrogens (tertiary/aromatic N) is 16. The summed E-state index contributed by atoms with van der Waals surface area (Å²) in [6.07, 6.45) is 21.5. The number of hydrogen-bond donors (Lipinski definition) is 9. The van der Waals surface area contributed by atoms with Crippen molar-refractivity contribution in [1.29, 1.82) is 0 Å². The summed E-state index contributed by atoms with van der Waals surface area (Å²) >= 11 is 6.15. The van der Waals surface area contributed by atoms with E-state index >= 15 is 0 Å². The molecule has 10 aromatic heterocycles. The number of nitrogens with one attached hydrogen (secondary N) is 6. The molecule has 0 saturated carbocycles. The molecule has 0 unspecified atom stereocenters. The van der Waals surface area contributed by atoms with Crippen LogP contribution >= 0.6 is 11.6 Å². The number of methoxy groups -OCH3 is 1. The van der Waals surface area contributed by atoms with Crippen molar-refractivity contribution < 1.29 is 38.8 Å². The molecule has 9 N–H and O–H groups in total. The molecule has 4 fully saturated rings. The number of fused-ring (bicyclic) bond motifs is 6.